The Balaban J connectivity index is 3.21. The molecule has 4 heteroatoms. The highest BCUT2D eigenvalue weighted by molar-refractivity contribution is 6.42. The standard InChI is InChI=1S/C7H8Cl2N2/c8-5-1-4(3-10)7(11)2-6(5)9/h1-2H,3,10-11H2. The number of hydrogen-bond acceptors (Lipinski definition) is 2. The summed E-state index contributed by atoms with van der Waals surface area (Å²) in [6, 6.07) is 3.28. The molecular weight excluding hydrogens is 183 g/mol. The van der Waals surface area contributed by atoms with E-state index in [-0.39, 0.29) is 0 Å². The van der Waals surface area contributed by atoms with E-state index in [1.807, 2.05) is 0 Å². The van der Waals surface area contributed by atoms with Crippen molar-refractivity contribution < 1.29 is 0 Å². The van der Waals surface area contributed by atoms with Gasteiger partial charge in [0.05, 0.1) is 10.0 Å². The number of halogens is 2. The minimum absolute atomic E-state index is 0.378. The van der Waals surface area contributed by atoms with Crippen molar-refractivity contribution in [2.75, 3.05) is 5.73 Å². The number of nitrogens with two attached hydrogens (primary N) is 2. The Morgan fingerprint density at radius 1 is 1.18 bits per heavy atom. The molecule has 0 aliphatic carbocycles. The van der Waals surface area contributed by atoms with Crippen LogP contribution in [-0.4, -0.2) is 0 Å². The molecule has 2 nitrogen and oxygen atoms in total. The summed E-state index contributed by atoms with van der Waals surface area (Å²) >= 11 is 11.4. The summed E-state index contributed by atoms with van der Waals surface area (Å²) < 4.78 is 0. The van der Waals surface area contributed by atoms with Crippen LogP contribution in [0.3, 0.4) is 0 Å². The van der Waals surface area contributed by atoms with Gasteiger partial charge in [-0.15, -0.1) is 0 Å². The molecule has 0 amide bonds. The van der Waals surface area contributed by atoms with Gasteiger partial charge in [0, 0.05) is 12.2 Å². The van der Waals surface area contributed by atoms with E-state index in [1.165, 1.54) is 0 Å². The smallest absolute Gasteiger partial charge is 0.0612 e. The number of anilines is 1. The van der Waals surface area contributed by atoms with Gasteiger partial charge in [0.2, 0.25) is 0 Å². The molecule has 0 unspecified atom stereocenters. The first-order chi connectivity index (χ1) is 5.15. The Morgan fingerprint density at radius 3 is 2.27 bits per heavy atom. The van der Waals surface area contributed by atoms with Crippen LogP contribution >= 0.6 is 23.2 Å². The van der Waals surface area contributed by atoms with Crippen LogP contribution < -0.4 is 11.5 Å². The van der Waals surface area contributed by atoms with Gasteiger partial charge in [0.1, 0.15) is 0 Å². The second kappa shape index (κ2) is 3.30. The van der Waals surface area contributed by atoms with Crippen molar-refractivity contribution in [1.82, 2.24) is 0 Å². The Hall–Kier alpha value is -0.440. The van der Waals surface area contributed by atoms with E-state index in [1.54, 1.807) is 12.1 Å². The largest absolute Gasteiger partial charge is 0.398 e. The zero-order valence-electron chi connectivity index (χ0n) is 5.77. The lowest BCUT2D eigenvalue weighted by Crippen LogP contribution is -2.01. The third-order valence-corrected chi connectivity index (χ3v) is 2.12. The molecule has 0 atom stereocenters. The summed E-state index contributed by atoms with van der Waals surface area (Å²) in [6.07, 6.45) is 0. The Bertz CT molecular complexity index is 273. The van der Waals surface area contributed by atoms with E-state index in [4.69, 9.17) is 34.7 Å². The molecule has 4 N–H and O–H groups in total. The summed E-state index contributed by atoms with van der Waals surface area (Å²) in [7, 11) is 0. The summed E-state index contributed by atoms with van der Waals surface area (Å²) in [6.45, 7) is 0.378. The Kier molecular flexibility index (Phi) is 2.60. The molecule has 0 saturated carbocycles. The minimum atomic E-state index is 0.378. The van der Waals surface area contributed by atoms with E-state index in [2.05, 4.69) is 0 Å². The van der Waals surface area contributed by atoms with Crippen molar-refractivity contribution in [1.29, 1.82) is 0 Å². The monoisotopic (exact) mass is 190 g/mol. The van der Waals surface area contributed by atoms with Gasteiger partial charge in [-0.25, -0.2) is 0 Å². The van der Waals surface area contributed by atoms with E-state index < -0.39 is 0 Å². The molecule has 0 spiro atoms. The summed E-state index contributed by atoms with van der Waals surface area (Å²) in [5, 5.41) is 0.947. The number of nitrogen functional groups attached to an aromatic ring is 1. The Labute approximate surface area is 75.1 Å². The third-order valence-electron chi connectivity index (χ3n) is 1.40. The molecule has 0 saturated heterocycles. The highest BCUT2D eigenvalue weighted by Crippen LogP contribution is 2.26. The Morgan fingerprint density at radius 2 is 1.73 bits per heavy atom. The summed E-state index contributed by atoms with van der Waals surface area (Å²) in [4.78, 5) is 0. The van der Waals surface area contributed by atoms with Crippen LogP contribution in [0.2, 0.25) is 10.0 Å². The first-order valence-corrected chi connectivity index (χ1v) is 3.84. The quantitative estimate of drug-likeness (QED) is 0.667. The lowest BCUT2D eigenvalue weighted by molar-refractivity contribution is 1.08. The molecular formula is C7H8Cl2N2. The van der Waals surface area contributed by atoms with Gasteiger partial charge in [-0.2, -0.15) is 0 Å². The van der Waals surface area contributed by atoms with E-state index in [0.29, 0.717) is 22.3 Å². The highest BCUT2D eigenvalue weighted by atomic mass is 35.5. The lowest BCUT2D eigenvalue weighted by atomic mass is 10.2. The van der Waals surface area contributed by atoms with Crippen LogP contribution in [0, 0.1) is 0 Å². The molecule has 0 aromatic heterocycles. The van der Waals surface area contributed by atoms with Crippen LogP contribution in [0.1, 0.15) is 5.56 Å². The van der Waals surface area contributed by atoms with Gasteiger partial charge in [-0.1, -0.05) is 23.2 Å². The molecule has 0 bridgehead atoms. The SMILES string of the molecule is NCc1cc(Cl)c(Cl)cc1N. The topological polar surface area (TPSA) is 52.0 Å². The fraction of sp³-hybridized carbons (Fsp3) is 0.143. The van der Waals surface area contributed by atoms with E-state index in [0.717, 1.165) is 5.56 Å². The molecule has 0 heterocycles. The van der Waals surface area contributed by atoms with Gasteiger partial charge in [-0.3, -0.25) is 0 Å². The number of benzene rings is 1. The molecule has 11 heavy (non-hydrogen) atoms. The molecule has 0 aliphatic heterocycles. The zero-order chi connectivity index (χ0) is 8.43. The first-order valence-electron chi connectivity index (χ1n) is 3.08. The maximum atomic E-state index is 5.72. The molecule has 0 fully saturated rings. The zero-order valence-corrected chi connectivity index (χ0v) is 7.28. The van der Waals surface area contributed by atoms with Gasteiger partial charge >= 0.3 is 0 Å². The van der Waals surface area contributed by atoms with Crippen molar-refractivity contribution in [3.05, 3.63) is 27.7 Å². The van der Waals surface area contributed by atoms with Gasteiger partial charge in [0.15, 0.2) is 0 Å². The van der Waals surface area contributed by atoms with Crippen LogP contribution in [0.25, 0.3) is 0 Å². The van der Waals surface area contributed by atoms with Crippen LogP contribution in [0.5, 0.6) is 0 Å². The van der Waals surface area contributed by atoms with E-state index >= 15 is 0 Å². The lowest BCUT2D eigenvalue weighted by Gasteiger charge is -2.03. The second-order valence-corrected chi connectivity index (χ2v) is 2.98. The molecule has 0 aliphatic rings. The fourth-order valence-corrected chi connectivity index (χ4v) is 1.14. The van der Waals surface area contributed by atoms with Crippen molar-refractivity contribution >= 4 is 28.9 Å². The predicted molar refractivity (Wildman–Crippen MR) is 48.8 cm³/mol. The maximum absolute atomic E-state index is 5.72. The molecule has 0 radical (unpaired) electrons. The molecule has 1 aromatic rings. The van der Waals surface area contributed by atoms with Gasteiger partial charge in [0.25, 0.3) is 0 Å². The van der Waals surface area contributed by atoms with Crippen LogP contribution in [0.15, 0.2) is 12.1 Å². The second-order valence-electron chi connectivity index (χ2n) is 2.17. The normalized spacial score (nSPS) is 10.1. The fourth-order valence-electron chi connectivity index (χ4n) is 0.780. The van der Waals surface area contributed by atoms with Crippen molar-refractivity contribution in [2.24, 2.45) is 5.73 Å². The summed E-state index contributed by atoms with van der Waals surface area (Å²) in [5.74, 6) is 0. The predicted octanol–water partition coefficient (Wildman–Crippen LogP) is 2.03. The average molecular weight is 191 g/mol. The average Bonchev–Trinajstić information content (AvgIpc) is 1.97. The third kappa shape index (κ3) is 1.77. The maximum Gasteiger partial charge on any atom is 0.0612 e. The van der Waals surface area contributed by atoms with Gasteiger partial charge < -0.3 is 11.5 Å². The number of hydrogen-bond donors (Lipinski definition) is 2. The minimum Gasteiger partial charge on any atom is -0.398 e. The van der Waals surface area contributed by atoms with Crippen molar-refractivity contribution in [3.63, 3.8) is 0 Å². The van der Waals surface area contributed by atoms with E-state index in [9.17, 15) is 0 Å². The van der Waals surface area contributed by atoms with Crippen LogP contribution in [-0.2, 0) is 6.54 Å². The van der Waals surface area contributed by atoms with Crippen LogP contribution in [0.4, 0.5) is 5.69 Å². The highest BCUT2D eigenvalue weighted by Gasteiger charge is 2.02. The first kappa shape index (κ1) is 8.65. The number of rotatable bonds is 1. The molecule has 1 aromatic carbocycles. The molecule has 1 rings (SSSR count). The van der Waals surface area contributed by atoms with Crippen molar-refractivity contribution in [2.45, 2.75) is 6.54 Å². The van der Waals surface area contributed by atoms with Crippen molar-refractivity contribution in [3.8, 4) is 0 Å². The summed E-state index contributed by atoms with van der Waals surface area (Å²) in [5.41, 5.74) is 12.4. The van der Waals surface area contributed by atoms with Gasteiger partial charge in [-0.05, 0) is 17.7 Å². The molecule has 60 valence electrons.